The van der Waals surface area contributed by atoms with Crippen LogP contribution in [0.4, 0.5) is 0 Å². The summed E-state index contributed by atoms with van der Waals surface area (Å²) < 4.78 is 0. The average molecular weight is 409 g/mol. The van der Waals surface area contributed by atoms with E-state index in [4.69, 9.17) is 5.73 Å². The van der Waals surface area contributed by atoms with E-state index in [1.807, 2.05) is 16.8 Å². The fraction of sp³-hybridized carbons (Fsp3) is 0.643. The molecular weight excluding hydrogens is 385 g/mol. The van der Waals surface area contributed by atoms with Gasteiger partial charge in [0, 0.05) is 13.1 Å². The molecule has 1 unspecified atom stereocenters. The SMILES string of the molecule is CC(O)(CN=C(N)N1CCCCCC1)c1ccsc1.I. The van der Waals surface area contributed by atoms with Crippen molar-refractivity contribution in [1.29, 1.82) is 0 Å². The summed E-state index contributed by atoms with van der Waals surface area (Å²) >= 11 is 1.58. The van der Waals surface area contributed by atoms with E-state index in [0.717, 1.165) is 18.7 Å². The van der Waals surface area contributed by atoms with Gasteiger partial charge in [-0.25, -0.2) is 4.99 Å². The zero-order chi connectivity index (χ0) is 13.7. The first kappa shape index (κ1) is 17.7. The Hall–Kier alpha value is -0.340. The molecule has 1 aromatic heterocycles. The molecule has 6 heteroatoms. The lowest BCUT2D eigenvalue weighted by molar-refractivity contribution is 0.0675. The van der Waals surface area contributed by atoms with Gasteiger partial charge in [-0.2, -0.15) is 11.3 Å². The van der Waals surface area contributed by atoms with Crippen LogP contribution in [-0.2, 0) is 5.60 Å². The van der Waals surface area contributed by atoms with Crippen molar-refractivity contribution in [1.82, 2.24) is 4.90 Å². The summed E-state index contributed by atoms with van der Waals surface area (Å²) in [5, 5.41) is 14.3. The molecule has 4 nitrogen and oxygen atoms in total. The molecule has 2 heterocycles. The summed E-state index contributed by atoms with van der Waals surface area (Å²) in [6.45, 7) is 4.06. The van der Waals surface area contributed by atoms with Crippen molar-refractivity contribution in [3.05, 3.63) is 22.4 Å². The van der Waals surface area contributed by atoms with Gasteiger partial charge in [0.1, 0.15) is 5.60 Å². The summed E-state index contributed by atoms with van der Waals surface area (Å²) in [5.74, 6) is 0.567. The second kappa shape index (κ2) is 8.19. The zero-order valence-electron chi connectivity index (χ0n) is 11.9. The van der Waals surface area contributed by atoms with Crippen molar-refractivity contribution in [2.75, 3.05) is 19.6 Å². The molecule has 0 spiro atoms. The molecule has 2 rings (SSSR count). The molecule has 1 saturated heterocycles. The Bertz CT molecular complexity index is 412. The van der Waals surface area contributed by atoms with Gasteiger partial charge in [0.05, 0.1) is 6.54 Å². The second-order valence-corrected chi connectivity index (χ2v) is 6.14. The number of likely N-dealkylation sites (tertiary alicyclic amines) is 1. The van der Waals surface area contributed by atoms with Crippen molar-refractivity contribution in [3.63, 3.8) is 0 Å². The number of aliphatic hydroxyl groups is 1. The molecule has 0 bridgehead atoms. The molecule has 0 amide bonds. The molecular formula is C14H24IN3OS. The Morgan fingerprint density at radius 3 is 2.60 bits per heavy atom. The van der Waals surface area contributed by atoms with E-state index in [-0.39, 0.29) is 24.0 Å². The van der Waals surface area contributed by atoms with E-state index in [1.165, 1.54) is 25.7 Å². The van der Waals surface area contributed by atoms with Gasteiger partial charge in [0.2, 0.25) is 0 Å². The highest BCUT2D eigenvalue weighted by molar-refractivity contribution is 14.0. The maximum Gasteiger partial charge on any atom is 0.191 e. The first-order valence-electron chi connectivity index (χ1n) is 6.89. The van der Waals surface area contributed by atoms with Crippen LogP contribution in [0.3, 0.4) is 0 Å². The topological polar surface area (TPSA) is 61.9 Å². The van der Waals surface area contributed by atoms with E-state index in [1.54, 1.807) is 18.3 Å². The van der Waals surface area contributed by atoms with Crippen LogP contribution < -0.4 is 5.73 Å². The Morgan fingerprint density at radius 1 is 1.40 bits per heavy atom. The van der Waals surface area contributed by atoms with Crippen molar-refractivity contribution in [3.8, 4) is 0 Å². The summed E-state index contributed by atoms with van der Waals surface area (Å²) in [7, 11) is 0. The molecule has 1 aliphatic rings. The maximum absolute atomic E-state index is 10.4. The number of nitrogens with zero attached hydrogens (tertiary/aromatic N) is 2. The minimum Gasteiger partial charge on any atom is -0.383 e. The number of halogens is 1. The maximum atomic E-state index is 10.4. The van der Waals surface area contributed by atoms with Crippen LogP contribution in [0.1, 0.15) is 38.2 Å². The van der Waals surface area contributed by atoms with Gasteiger partial charge in [0.15, 0.2) is 5.96 Å². The smallest absolute Gasteiger partial charge is 0.191 e. The van der Waals surface area contributed by atoms with Crippen LogP contribution in [-0.4, -0.2) is 35.6 Å². The zero-order valence-corrected chi connectivity index (χ0v) is 15.1. The van der Waals surface area contributed by atoms with Crippen LogP contribution in [0.15, 0.2) is 21.8 Å². The number of aliphatic imine (C=N–C) groups is 1. The van der Waals surface area contributed by atoms with Crippen LogP contribution >= 0.6 is 35.3 Å². The van der Waals surface area contributed by atoms with Crippen LogP contribution in [0, 0.1) is 0 Å². The normalized spacial score (nSPS) is 19.9. The Morgan fingerprint density at radius 2 is 2.05 bits per heavy atom. The third-order valence-corrected chi connectivity index (χ3v) is 4.31. The minimum absolute atomic E-state index is 0. The summed E-state index contributed by atoms with van der Waals surface area (Å²) in [6, 6.07) is 1.93. The Labute approximate surface area is 142 Å². The predicted octanol–water partition coefficient (Wildman–Crippen LogP) is 2.76. The Kier molecular flexibility index (Phi) is 7.25. The van der Waals surface area contributed by atoms with Gasteiger partial charge in [-0.1, -0.05) is 12.8 Å². The molecule has 3 N–H and O–H groups in total. The van der Waals surface area contributed by atoms with Gasteiger partial charge >= 0.3 is 0 Å². The quantitative estimate of drug-likeness (QED) is 0.459. The second-order valence-electron chi connectivity index (χ2n) is 5.36. The number of hydrogen-bond donors (Lipinski definition) is 2. The summed E-state index contributed by atoms with van der Waals surface area (Å²) in [5.41, 5.74) is 6.02. The molecule has 0 radical (unpaired) electrons. The summed E-state index contributed by atoms with van der Waals surface area (Å²) in [6.07, 6.45) is 4.90. The van der Waals surface area contributed by atoms with Gasteiger partial charge in [-0.15, -0.1) is 24.0 Å². The van der Waals surface area contributed by atoms with E-state index < -0.39 is 5.60 Å². The summed E-state index contributed by atoms with van der Waals surface area (Å²) in [4.78, 5) is 6.53. The highest BCUT2D eigenvalue weighted by Gasteiger charge is 2.23. The van der Waals surface area contributed by atoms with Gasteiger partial charge in [-0.3, -0.25) is 0 Å². The average Bonchev–Trinajstić information content (AvgIpc) is 2.80. The van der Waals surface area contributed by atoms with Gasteiger partial charge in [-0.05, 0) is 42.2 Å². The fourth-order valence-corrected chi connectivity index (χ4v) is 3.08. The lowest BCUT2D eigenvalue weighted by atomic mass is 10.00. The molecule has 0 aliphatic carbocycles. The molecule has 1 fully saturated rings. The molecule has 114 valence electrons. The third kappa shape index (κ3) is 4.89. The minimum atomic E-state index is -0.934. The van der Waals surface area contributed by atoms with E-state index >= 15 is 0 Å². The van der Waals surface area contributed by atoms with Crippen LogP contribution in [0.2, 0.25) is 0 Å². The monoisotopic (exact) mass is 409 g/mol. The van der Waals surface area contributed by atoms with Crippen molar-refractivity contribution in [2.24, 2.45) is 10.7 Å². The highest BCUT2D eigenvalue weighted by Crippen LogP contribution is 2.23. The van der Waals surface area contributed by atoms with Crippen LogP contribution in [0.25, 0.3) is 0 Å². The largest absolute Gasteiger partial charge is 0.383 e. The molecule has 20 heavy (non-hydrogen) atoms. The highest BCUT2D eigenvalue weighted by atomic mass is 127. The first-order chi connectivity index (χ1) is 9.09. The Balaban J connectivity index is 0.00000200. The molecule has 1 aliphatic heterocycles. The number of rotatable bonds is 3. The first-order valence-corrected chi connectivity index (χ1v) is 7.84. The number of nitrogens with two attached hydrogens (primary N) is 1. The third-order valence-electron chi connectivity index (χ3n) is 3.62. The van der Waals surface area contributed by atoms with E-state index in [0.29, 0.717) is 12.5 Å². The van der Waals surface area contributed by atoms with Gasteiger partial charge in [0.25, 0.3) is 0 Å². The van der Waals surface area contributed by atoms with E-state index in [2.05, 4.69) is 9.89 Å². The number of thiophene rings is 1. The van der Waals surface area contributed by atoms with Crippen LogP contribution in [0.5, 0.6) is 0 Å². The van der Waals surface area contributed by atoms with Crippen molar-refractivity contribution < 1.29 is 5.11 Å². The van der Waals surface area contributed by atoms with Gasteiger partial charge < -0.3 is 15.7 Å². The fourth-order valence-electron chi connectivity index (χ4n) is 2.30. The van der Waals surface area contributed by atoms with E-state index in [9.17, 15) is 5.11 Å². The lowest BCUT2D eigenvalue weighted by Crippen LogP contribution is -2.39. The standard InChI is InChI=1S/C14H23N3OS.HI/c1-14(18,12-6-9-19-10-12)11-16-13(15)17-7-4-2-3-5-8-17;/h6,9-10,18H,2-5,7-8,11H2,1H3,(H2,15,16);1H. The number of guanidine groups is 1. The number of hydrogen-bond acceptors (Lipinski definition) is 3. The molecule has 1 aromatic rings. The van der Waals surface area contributed by atoms with Crippen molar-refractivity contribution >= 4 is 41.3 Å². The molecule has 1 atom stereocenters. The van der Waals surface area contributed by atoms with Crippen molar-refractivity contribution in [2.45, 2.75) is 38.2 Å². The molecule has 0 saturated carbocycles. The lowest BCUT2D eigenvalue weighted by Gasteiger charge is -2.24. The molecule has 0 aromatic carbocycles. The predicted molar refractivity (Wildman–Crippen MR) is 95.8 cm³/mol.